The summed E-state index contributed by atoms with van der Waals surface area (Å²) in [7, 11) is 4.05. The van der Waals surface area contributed by atoms with Crippen molar-refractivity contribution in [2.24, 2.45) is 5.73 Å². The first-order chi connectivity index (χ1) is 15.9. The lowest BCUT2D eigenvalue weighted by Gasteiger charge is -2.17. The third-order valence-electron chi connectivity index (χ3n) is 5.35. The molecule has 1 aromatic heterocycles. The number of amides is 1. The predicted molar refractivity (Wildman–Crippen MR) is 130 cm³/mol. The Balaban J connectivity index is 1.79. The molecule has 8 nitrogen and oxygen atoms in total. The maximum absolute atomic E-state index is 12.0. The predicted octanol–water partition coefficient (Wildman–Crippen LogP) is 3.17. The van der Waals surface area contributed by atoms with Crippen molar-refractivity contribution in [2.45, 2.75) is 26.4 Å². The first kappa shape index (κ1) is 24.3. The van der Waals surface area contributed by atoms with Crippen molar-refractivity contribution in [1.29, 1.82) is 0 Å². The molecule has 1 heterocycles. The van der Waals surface area contributed by atoms with Crippen LogP contribution in [0.15, 0.2) is 42.6 Å². The molecule has 0 saturated heterocycles. The number of fused-ring (bicyclic) bond motifs is 1. The lowest BCUT2D eigenvalue weighted by molar-refractivity contribution is 0.0996. The van der Waals surface area contributed by atoms with Crippen LogP contribution in [0.5, 0.6) is 11.5 Å². The van der Waals surface area contributed by atoms with E-state index in [-0.39, 0.29) is 18.9 Å². The van der Waals surface area contributed by atoms with Crippen molar-refractivity contribution in [3.63, 3.8) is 0 Å². The van der Waals surface area contributed by atoms with Crippen LogP contribution < -0.4 is 20.5 Å². The number of nitrogens with two attached hydrogens (primary N) is 1. The van der Waals surface area contributed by atoms with Gasteiger partial charge in [0.15, 0.2) is 6.73 Å². The number of pyridine rings is 1. The Kier molecular flexibility index (Phi) is 8.46. The highest BCUT2D eigenvalue weighted by Crippen LogP contribution is 2.31. The van der Waals surface area contributed by atoms with Crippen LogP contribution >= 0.6 is 0 Å². The lowest BCUT2D eigenvalue weighted by atomic mass is 10.0. The van der Waals surface area contributed by atoms with Gasteiger partial charge in [-0.05, 0) is 56.3 Å². The van der Waals surface area contributed by atoms with Gasteiger partial charge in [-0.2, -0.15) is 0 Å². The Morgan fingerprint density at radius 2 is 2.03 bits per heavy atom. The minimum atomic E-state index is -0.611. The van der Waals surface area contributed by atoms with Gasteiger partial charge < -0.3 is 30.5 Å². The summed E-state index contributed by atoms with van der Waals surface area (Å²) in [5, 5.41) is 13.5. The second-order valence-electron chi connectivity index (χ2n) is 7.97. The van der Waals surface area contributed by atoms with Gasteiger partial charge in [-0.3, -0.25) is 9.78 Å². The van der Waals surface area contributed by atoms with Crippen LogP contribution in [0, 0.1) is 0 Å². The molecule has 176 valence electrons. The van der Waals surface area contributed by atoms with E-state index in [0.29, 0.717) is 29.0 Å². The highest BCUT2D eigenvalue weighted by Gasteiger charge is 2.16. The third-order valence-corrected chi connectivity index (χ3v) is 5.35. The minimum Gasteiger partial charge on any atom is -0.493 e. The van der Waals surface area contributed by atoms with Gasteiger partial charge in [0.2, 0.25) is 0 Å². The van der Waals surface area contributed by atoms with Crippen LogP contribution in [0.25, 0.3) is 10.9 Å². The van der Waals surface area contributed by atoms with Crippen molar-refractivity contribution in [2.75, 3.05) is 39.3 Å². The van der Waals surface area contributed by atoms with Crippen LogP contribution in [0.1, 0.15) is 34.8 Å². The number of primary amides is 1. The average Bonchev–Trinajstić information content (AvgIpc) is 2.81. The molecule has 0 radical (unpaired) electrons. The summed E-state index contributed by atoms with van der Waals surface area (Å²) in [5.74, 6) is 0.466. The number of nitrogens with zero attached hydrogens (tertiary/aromatic N) is 2. The number of aromatic nitrogens is 1. The molecule has 3 rings (SSSR count). The number of carbonyl (C=O) groups excluding carboxylic acids is 1. The number of aliphatic hydroxyl groups is 1. The number of rotatable bonds is 12. The highest BCUT2D eigenvalue weighted by molar-refractivity contribution is 6.01. The molecule has 4 N–H and O–H groups in total. The van der Waals surface area contributed by atoms with Crippen LogP contribution in [0.4, 0.5) is 5.69 Å². The monoisotopic (exact) mass is 452 g/mol. The average molecular weight is 453 g/mol. The minimum absolute atomic E-state index is 0.0279. The number of nitrogens with one attached hydrogen (secondary N) is 1. The van der Waals surface area contributed by atoms with Crippen LogP contribution in [0.3, 0.4) is 0 Å². The van der Waals surface area contributed by atoms with Gasteiger partial charge in [-0.1, -0.05) is 19.1 Å². The second kappa shape index (κ2) is 11.5. The summed E-state index contributed by atoms with van der Waals surface area (Å²) >= 11 is 0. The summed E-state index contributed by atoms with van der Waals surface area (Å²) in [6.45, 7) is 3.66. The Morgan fingerprint density at radius 3 is 2.73 bits per heavy atom. The van der Waals surface area contributed by atoms with Gasteiger partial charge in [0.25, 0.3) is 5.91 Å². The van der Waals surface area contributed by atoms with Crippen LogP contribution in [0.2, 0.25) is 0 Å². The lowest BCUT2D eigenvalue weighted by Crippen LogP contribution is -2.17. The molecule has 1 amide bonds. The SMILES string of the molecule is CCc1c(CO)cccc1NCOc1c(C(N)=O)cnc2cc(OCCCN(C)C)ccc12. The molecular formula is C25H32N4O4. The van der Waals surface area contributed by atoms with E-state index in [1.165, 1.54) is 6.20 Å². The van der Waals surface area contributed by atoms with Gasteiger partial charge in [0, 0.05) is 29.9 Å². The summed E-state index contributed by atoms with van der Waals surface area (Å²) in [5.41, 5.74) is 9.20. The number of anilines is 1. The van der Waals surface area contributed by atoms with E-state index in [4.69, 9.17) is 15.2 Å². The van der Waals surface area contributed by atoms with E-state index in [1.807, 2.05) is 57.4 Å². The molecule has 33 heavy (non-hydrogen) atoms. The van der Waals surface area contributed by atoms with Gasteiger partial charge in [-0.15, -0.1) is 0 Å². The first-order valence-corrected chi connectivity index (χ1v) is 11.0. The zero-order chi connectivity index (χ0) is 23.8. The molecule has 0 spiro atoms. The van der Waals surface area contributed by atoms with E-state index in [0.717, 1.165) is 36.2 Å². The summed E-state index contributed by atoms with van der Waals surface area (Å²) in [6.07, 6.45) is 3.11. The summed E-state index contributed by atoms with van der Waals surface area (Å²) in [4.78, 5) is 18.5. The molecule has 0 aliphatic heterocycles. The zero-order valence-electron chi connectivity index (χ0n) is 19.4. The molecule has 2 aromatic carbocycles. The van der Waals surface area contributed by atoms with Gasteiger partial charge in [0.05, 0.1) is 18.7 Å². The fourth-order valence-electron chi connectivity index (χ4n) is 3.69. The number of hydrogen-bond acceptors (Lipinski definition) is 7. The number of benzene rings is 2. The number of carbonyl (C=O) groups is 1. The smallest absolute Gasteiger partial charge is 0.254 e. The molecule has 3 aromatic rings. The van der Waals surface area contributed by atoms with Crippen LogP contribution in [-0.4, -0.2) is 54.9 Å². The van der Waals surface area contributed by atoms with Crippen molar-refractivity contribution < 1.29 is 19.4 Å². The van der Waals surface area contributed by atoms with Crippen molar-refractivity contribution in [3.05, 3.63) is 59.3 Å². The van der Waals surface area contributed by atoms with Crippen molar-refractivity contribution in [1.82, 2.24) is 9.88 Å². The summed E-state index contributed by atoms with van der Waals surface area (Å²) in [6, 6.07) is 11.2. The quantitative estimate of drug-likeness (QED) is 0.286. The topological polar surface area (TPSA) is 110 Å². The van der Waals surface area contributed by atoms with Gasteiger partial charge in [-0.25, -0.2) is 0 Å². The van der Waals surface area contributed by atoms with E-state index in [2.05, 4.69) is 15.2 Å². The molecular weight excluding hydrogens is 420 g/mol. The second-order valence-corrected chi connectivity index (χ2v) is 7.97. The largest absolute Gasteiger partial charge is 0.493 e. The number of ether oxygens (including phenoxy) is 2. The maximum atomic E-state index is 12.0. The standard InChI is InChI=1S/C25H32N4O4/c1-4-19-17(15-30)7-5-8-22(19)28-16-33-24-20-10-9-18(32-12-6-11-29(2)3)13-23(20)27-14-21(24)25(26)31/h5,7-10,13-14,28,30H,4,6,11-12,15-16H2,1-3H3,(H2,26,31). The summed E-state index contributed by atoms with van der Waals surface area (Å²) < 4.78 is 11.8. The molecule has 0 bridgehead atoms. The van der Waals surface area contributed by atoms with Gasteiger partial charge in [0.1, 0.15) is 17.1 Å². The fraction of sp³-hybridized carbons (Fsp3) is 0.360. The third kappa shape index (κ3) is 6.12. The maximum Gasteiger partial charge on any atom is 0.254 e. The molecule has 0 aliphatic rings. The highest BCUT2D eigenvalue weighted by atomic mass is 16.5. The molecule has 0 unspecified atom stereocenters. The van der Waals surface area contributed by atoms with E-state index in [1.54, 1.807) is 0 Å². The van der Waals surface area contributed by atoms with E-state index in [9.17, 15) is 9.90 Å². The normalized spacial score (nSPS) is 11.1. The zero-order valence-corrected chi connectivity index (χ0v) is 19.4. The molecule has 0 fully saturated rings. The Bertz CT molecular complexity index is 1100. The van der Waals surface area contributed by atoms with Crippen molar-refractivity contribution in [3.8, 4) is 11.5 Å². The molecule has 8 heteroatoms. The first-order valence-electron chi connectivity index (χ1n) is 11.0. The Hall–Kier alpha value is -3.36. The molecule has 0 atom stereocenters. The van der Waals surface area contributed by atoms with Crippen molar-refractivity contribution >= 4 is 22.5 Å². The van der Waals surface area contributed by atoms with E-state index < -0.39 is 5.91 Å². The number of aliphatic hydroxyl groups excluding tert-OH is 1. The van der Waals surface area contributed by atoms with E-state index >= 15 is 0 Å². The van der Waals surface area contributed by atoms with Crippen LogP contribution in [-0.2, 0) is 13.0 Å². The van der Waals surface area contributed by atoms with Gasteiger partial charge >= 0.3 is 0 Å². The molecule has 0 saturated carbocycles. The Morgan fingerprint density at radius 1 is 1.21 bits per heavy atom. The fourth-order valence-corrected chi connectivity index (χ4v) is 3.69. The Labute approximate surface area is 194 Å². The number of hydrogen-bond donors (Lipinski definition) is 3. The molecule has 0 aliphatic carbocycles.